The Kier molecular flexibility index (Phi) is 5.53. The van der Waals surface area contributed by atoms with Crippen molar-refractivity contribution in [3.8, 4) is 6.07 Å². The van der Waals surface area contributed by atoms with Crippen molar-refractivity contribution in [2.45, 2.75) is 19.9 Å². The molecule has 4 heteroatoms. The number of likely N-dealkylation sites (N-methyl/N-ethyl adjacent to an activating group) is 1. The lowest BCUT2D eigenvalue weighted by molar-refractivity contribution is 0.0916. The van der Waals surface area contributed by atoms with E-state index in [4.69, 9.17) is 5.26 Å². The summed E-state index contributed by atoms with van der Waals surface area (Å²) < 4.78 is 0. The van der Waals surface area contributed by atoms with Crippen LogP contribution in [0.2, 0.25) is 0 Å². The maximum atomic E-state index is 12.1. The molecular weight excluding hydrogens is 238 g/mol. The van der Waals surface area contributed by atoms with Gasteiger partial charge in [0.15, 0.2) is 0 Å². The van der Waals surface area contributed by atoms with Gasteiger partial charge >= 0.3 is 0 Å². The number of carbonyl (C=O) groups excluding carboxylic acids is 1. The summed E-state index contributed by atoms with van der Waals surface area (Å²) in [4.78, 5) is 14.2. The lowest BCUT2D eigenvalue weighted by Gasteiger charge is -2.25. The van der Waals surface area contributed by atoms with E-state index in [1.165, 1.54) is 0 Å². The van der Waals surface area contributed by atoms with Gasteiger partial charge in [-0.2, -0.15) is 5.26 Å². The van der Waals surface area contributed by atoms with E-state index >= 15 is 0 Å². The molecule has 1 amide bonds. The first kappa shape index (κ1) is 15.2. The molecule has 0 radical (unpaired) electrons. The summed E-state index contributed by atoms with van der Waals surface area (Å²) in [7, 11) is 3.98. The Morgan fingerprint density at radius 3 is 2.32 bits per heavy atom. The van der Waals surface area contributed by atoms with Crippen molar-refractivity contribution < 1.29 is 4.79 Å². The molecule has 0 bridgehead atoms. The van der Waals surface area contributed by atoms with E-state index in [9.17, 15) is 4.79 Å². The highest BCUT2D eigenvalue weighted by molar-refractivity contribution is 5.94. The molecule has 0 aliphatic rings. The number of nitriles is 1. The van der Waals surface area contributed by atoms with Crippen LogP contribution in [-0.2, 0) is 0 Å². The molecule has 0 fully saturated rings. The zero-order chi connectivity index (χ0) is 14.4. The fourth-order valence-electron chi connectivity index (χ4n) is 1.76. The molecular formula is C15H21N3O. The second-order valence-corrected chi connectivity index (χ2v) is 5.28. The van der Waals surface area contributed by atoms with Gasteiger partial charge in [-0.05, 0) is 44.3 Å². The smallest absolute Gasteiger partial charge is 0.251 e. The highest BCUT2D eigenvalue weighted by Gasteiger charge is 2.17. The quantitative estimate of drug-likeness (QED) is 0.878. The topological polar surface area (TPSA) is 56.1 Å². The van der Waals surface area contributed by atoms with E-state index in [2.05, 4.69) is 24.1 Å². The first-order valence-electron chi connectivity index (χ1n) is 6.39. The van der Waals surface area contributed by atoms with E-state index in [1.54, 1.807) is 24.3 Å². The van der Waals surface area contributed by atoms with Gasteiger partial charge in [0.05, 0.1) is 11.6 Å². The number of rotatable bonds is 5. The minimum Gasteiger partial charge on any atom is -0.348 e. The predicted octanol–water partition coefficient (Wildman–Crippen LogP) is 1.87. The molecule has 0 aliphatic heterocycles. The summed E-state index contributed by atoms with van der Waals surface area (Å²) in [6, 6.07) is 8.83. The number of hydrogen-bond donors (Lipinski definition) is 1. The Morgan fingerprint density at radius 1 is 1.32 bits per heavy atom. The van der Waals surface area contributed by atoms with Gasteiger partial charge in [-0.3, -0.25) is 4.79 Å². The summed E-state index contributed by atoms with van der Waals surface area (Å²) in [5, 5.41) is 11.8. The monoisotopic (exact) mass is 259 g/mol. The fourth-order valence-corrected chi connectivity index (χ4v) is 1.76. The zero-order valence-electron chi connectivity index (χ0n) is 12.0. The molecule has 0 saturated heterocycles. The van der Waals surface area contributed by atoms with Crippen LogP contribution in [0.5, 0.6) is 0 Å². The standard InChI is InChI=1S/C15H21N3O/c1-11(2)14(10-18(3)4)17-15(19)13-7-5-12(9-16)6-8-13/h5-8,11,14H,10H2,1-4H3,(H,17,19). The van der Waals surface area contributed by atoms with Crippen molar-refractivity contribution >= 4 is 5.91 Å². The third-order valence-corrected chi connectivity index (χ3v) is 2.96. The molecule has 0 aliphatic carbocycles. The zero-order valence-corrected chi connectivity index (χ0v) is 12.0. The average Bonchev–Trinajstić information content (AvgIpc) is 2.37. The Morgan fingerprint density at radius 2 is 1.89 bits per heavy atom. The third kappa shape index (κ3) is 4.72. The van der Waals surface area contributed by atoms with E-state index in [0.717, 1.165) is 6.54 Å². The van der Waals surface area contributed by atoms with Gasteiger partial charge in [0.1, 0.15) is 0 Å². The number of amides is 1. The molecule has 0 heterocycles. The van der Waals surface area contributed by atoms with Gasteiger partial charge in [0, 0.05) is 18.2 Å². The van der Waals surface area contributed by atoms with Crippen LogP contribution in [0.3, 0.4) is 0 Å². The molecule has 1 aromatic carbocycles. The van der Waals surface area contributed by atoms with Gasteiger partial charge < -0.3 is 10.2 Å². The summed E-state index contributed by atoms with van der Waals surface area (Å²) in [6.07, 6.45) is 0. The first-order valence-corrected chi connectivity index (χ1v) is 6.39. The summed E-state index contributed by atoms with van der Waals surface area (Å²) in [6.45, 7) is 4.99. The van der Waals surface area contributed by atoms with Crippen LogP contribution in [0.1, 0.15) is 29.8 Å². The summed E-state index contributed by atoms with van der Waals surface area (Å²) >= 11 is 0. The van der Waals surface area contributed by atoms with Crippen molar-refractivity contribution in [1.29, 1.82) is 5.26 Å². The first-order chi connectivity index (χ1) is 8.93. The average molecular weight is 259 g/mol. The van der Waals surface area contributed by atoms with Crippen molar-refractivity contribution in [1.82, 2.24) is 10.2 Å². The number of nitrogens with zero attached hydrogens (tertiary/aromatic N) is 2. The van der Waals surface area contributed by atoms with E-state index in [0.29, 0.717) is 17.0 Å². The van der Waals surface area contributed by atoms with E-state index in [-0.39, 0.29) is 11.9 Å². The fraction of sp³-hybridized carbons (Fsp3) is 0.467. The van der Waals surface area contributed by atoms with Crippen LogP contribution < -0.4 is 5.32 Å². The van der Waals surface area contributed by atoms with Gasteiger partial charge in [0.2, 0.25) is 0 Å². The Bertz CT molecular complexity index is 457. The van der Waals surface area contributed by atoms with Crippen molar-refractivity contribution in [3.63, 3.8) is 0 Å². The van der Waals surface area contributed by atoms with Crippen LogP contribution in [0.4, 0.5) is 0 Å². The maximum Gasteiger partial charge on any atom is 0.251 e. The molecule has 0 aromatic heterocycles. The second kappa shape index (κ2) is 6.91. The summed E-state index contributed by atoms with van der Waals surface area (Å²) in [5.41, 5.74) is 1.15. The largest absolute Gasteiger partial charge is 0.348 e. The second-order valence-electron chi connectivity index (χ2n) is 5.28. The molecule has 1 atom stereocenters. The van der Waals surface area contributed by atoms with Crippen LogP contribution in [0.25, 0.3) is 0 Å². The SMILES string of the molecule is CC(C)C(CN(C)C)NC(=O)c1ccc(C#N)cc1. The summed E-state index contributed by atoms with van der Waals surface area (Å²) in [5.74, 6) is 0.273. The molecule has 1 rings (SSSR count). The number of carbonyl (C=O) groups is 1. The van der Waals surface area contributed by atoms with Crippen molar-refractivity contribution in [2.24, 2.45) is 5.92 Å². The third-order valence-electron chi connectivity index (χ3n) is 2.96. The Labute approximate surface area is 115 Å². The van der Waals surface area contributed by atoms with Gasteiger partial charge in [0.25, 0.3) is 5.91 Å². The van der Waals surface area contributed by atoms with E-state index < -0.39 is 0 Å². The predicted molar refractivity (Wildman–Crippen MR) is 75.8 cm³/mol. The van der Waals surface area contributed by atoms with Gasteiger partial charge in [-0.25, -0.2) is 0 Å². The maximum absolute atomic E-state index is 12.1. The molecule has 102 valence electrons. The highest BCUT2D eigenvalue weighted by Crippen LogP contribution is 2.07. The van der Waals surface area contributed by atoms with Crippen LogP contribution in [0.15, 0.2) is 24.3 Å². The minimum atomic E-state index is -0.0926. The molecule has 1 aromatic rings. The van der Waals surface area contributed by atoms with E-state index in [1.807, 2.05) is 20.2 Å². The Hall–Kier alpha value is -1.86. The molecule has 1 N–H and O–H groups in total. The van der Waals surface area contributed by atoms with Crippen LogP contribution >= 0.6 is 0 Å². The molecule has 4 nitrogen and oxygen atoms in total. The number of hydrogen-bond acceptors (Lipinski definition) is 3. The van der Waals surface area contributed by atoms with Crippen LogP contribution in [-0.4, -0.2) is 37.5 Å². The van der Waals surface area contributed by atoms with Gasteiger partial charge in [-0.1, -0.05) is 13.8 Å². The van der Waals surface area contributed by atoms with Crippen LogP contribution in [0, 0.1) is 17.2 Å². The minimum absolute atomic E-state index is 0.0926. The van der Waals surface area contributed by atoms with Crippen molar-refractivity contribution in [2.75, 3.05) is 20.6 Å². The molecule has 19 heavy (non-hydrogen) atoms. The molecule has 0 spiro atoms. The molecule has 0 saturated carbocycles. The number of nitrogens with one attached hydrogen (secondary N) is 1. The lowest BCUT2D eigenvalue weighted by Crippen LogP contribution is -2.44. The normalized spacial score (nSPS) is 12.3. The number of benzene rings is 1. The van der Waals surface area contributed by atoms with Gasteiger partial charge in [-0.15, -0.1) is 0 Å². The van der Waals surface area contributed by atoms with Crippen molar-refractivity contribution in [3.05, 3.63) is 35.4 Å². The molecule has 1 unspecified atom stereocenters. The highest BCUT2D eigenvalue weighted by atomic mass is 16.1. The lowest BCUT2D eigenvalue weighted by atomic mass is 10.0. The Balaban J connectivity index is 2.73.